The van der Waals surface area contributed by atoms with Gasteiger partial charge in [0, 0.05) is 44.8 Å². The van der Waals surface area contributed by atoms with Gasteiger partial charge < -0.3 is 15.1 Å². The van der Waals surface area contributed by atoms with Crippen molar-refractivity contribution >= 4 is 5.91 Å². The minimum Gasteiger partial charge on any atom is -0.339 e. The van der Waals surface area contributed by atoms with Crippen LogP contribution >= 0.6 is 0 Å². The van der Waals surface area contributed by atoms with Crippen LogP contribution in [0.5, 0.6) is 0 Å². The first-order valence-corrected chi connectivity index (χ1v) is 9.30. The molecule has 1 aromatic heterocycles. The minimum atomic E-state index is -0.239. The molecule has 2 aliphatic heterocycles. The van der Waals surface area contributed by atoms with Gasteiger partial charge in [0.1, 0.15) is 0 Å². The third-order valence-corrected chi connectivity index (χ3v) is 6.25. The number of nitrogens with one attached hydrogen (secondary N) is 2. The summed E-state index contributed by atoms with van der Waals surface area (Å²) in [6, 6.07) is 0. The van der Waals surface area contributed by atoms with Gasteiger partial charge in [0.05, 0.1) is 17.7 Å². The van der Waals surface area contributed by atoms with Crippen molar-refractivity contribution in [2.75, 3.05) is 40.3 Å². The van der Waals surface area contributed by atoms with Crippen LogP contribution in [0.15, 0.2) is 0 Å². The molecule has 0 aromatic carbocycles. The van der Waals surface area contributed by atoms with Gasteiger partial charge in [0.2, 0.25) is 5.91 Å². The summed E-state index contributed by atoms with van der Waals surface area (Å²) < 4.78 is 0. The Morgan fingerprint density at radius 3 is 3.08 bits per heavy atom. The molecular formula is C18H29N5O. The van der Waals surface area contributed by atoms with E-state index < -0.39 is 0 Å². The minimum absolute atomic E-state index is 0.239. The van der Waals surface area contributed by atoms with Crippen molar-refractivity contribution in [2.24, 2.45) is 11.3 Å². The zero-order chi connectivity index (χ0) is 16.7. The largest absolute Gasteiger partial charge is 0.339 e. The molecule has 2 saturated heterocycles. The number of likely N-dealkylation sites (tertiary alicyclic amines) is 1. The van der Waals surface area contributed by atoms with Gasteiger partial charge in [-0.3, -0.25) is 9.89 Å². The molecule has 24 heavy (non-hydrogen) atoms. The van der Waals surface area contributed by atoms with E-state index in [2.05, 4.69) is 27.5 Å². The molecule has 0 saturated carbocycles. The number of H-pyrrole nitrogens is 1. The molecule has 132 valence electrons. The van der Waals surface area contributed by atoms with Crippen molar-refractivity contribution in [3.63, 3.8) is 0 Å². The lowest BCUT2D eigenvalue weighted by Crippen LogP contribution is -2.47. The van der Waals surface area contributed by atoms with E-state index in [-0.39, 0.29) is 11.3 Å². The highest BCUT2D eigenvalue weighted by Crippen LogP contribution is 2.40. The second-order valence-electron chi connectivity index (χ2n) is 8.03. The summed E-state index contributed by atoms with van der Waals surface area (Å²) >= 11 is 0. The van der Waals surface area contributed by atoms with Crippen LogP contribution < -0.4 is 5.32 Å². The maximum absolute atomic E-state index is 13.3. The van der Waals surface area contributed by atoms with Crippen LogP contribution in [0, 0.1) is 11.3 Å². The van der Waals surface area contributed by atoms with E-state index in [9.17, 15) is 4.79 Å². The Morgan fingerprint density at radius 1 is 1.38 bits per heavy atom. The maximum Gasteiger partial charge on any atom is 0.231 e. The number of hydrogen-bond donors (Lipinski definition) is 2. The van der Waals surface area contributed by atoms with Crippen molar-refractivity contribution < 1.29 is 4.79 Å². The Hall–Kier alpha value is -1.40. The van der Waals surface area contributed by atoms with E-state index in [1.807, 2.05) is 11.9 Å². The van der Waals surface area contributed by atoms with Gasteiger partial charge >= 0.3 is 0 Å². The third kappa shape index (κ3) is 2.56. The lowest BCUT2D eigenvalue weighted by molar-refractivity contribution is -0.141. The molecule has 1 unspecified atom stereocenters. The first-order chi connectivity index (χ1) is 11.6. The van der Waals surface area contributed by atoms with Crippen LogP contribution in [-0.2, 0) is 24.2 Å². The first kappa shape index (κ1) is 16.1. The molecule has 0 bridgehead atoms. The summed E-state index contributed by atoms with van der Waals surface area (Å²) in [4.78, 5) is 17.5. The van der Waals surface area contributed by atoms with E-state index in [0.29, 0.717) is 12.5 Å². The number of fused-ring (bicyclic) bond motifs is 2. The van der Waals surface area contributed by atoms with Crippen LogP contribution in [-0.4, -0.2) is 66.2 Å². The van der Waals surface area contributed by atoms with Crippen LogP contribution in [0.4, 0.5) is 0 Å². The van der Waals surface area contributed by atoms with Gasteiger partial charge in [-0.15, -0.1) is 0 Å². The molecule has 0 radical (unpaired) electrons. The summed E-state index contributed by atoms with van der Waals surface area (Å²) in [5, 5.41) is 11.2. The normalized spacial score (nSPS) is 30.0. The van der Waals surface area contributed by atoms with Crippen molar-refractivity contribution in [2.45, 2.75) is 38.6 Å². The van der Waals surface area contributed by atoms with Gasteiger partial charge in [0.25, 0.3) is 0 Å². The molecule has 2 atom stereocenters. The number of carbonyl (C=O) groups excluding carboxylic acids is 1. The number of aromatic nitrogens is 2. The highest BCUT2D eigenvalue weighted by Gasteiger charge is 2.54. The molecule has 1 aromatic rings. The molecule has 1 amide bonds. The lowest BCUT2D eigenvalue weighted by atomic mass is 9.79. The number of amides is 1. The highest BCUT2D eigenvalue weighted by molar-refractivity contribution is 5.84. The smallest absolute Gasteiger partial charge is 0.231 e. The van der Waals surface area contributed by atoms with Crippen LogP contribution in [0.1, 0.15) is 36.2 Å². The first-order valence-electron chi connectivity index (χ1n) is 9.30. The molecule has 2 N–H and O–H groups in total. The molecule has 1 aliphatic carbocycles. The SMILES string of the molecule is CN1CC2CNC[C@@]2(C(=O)N(C)Cc2n[nH]c3c2CCCCC3)C1. The zero-order valence-electron chi connectivity index (χ0n) is 14.9. The zero-order valence-corrected chi connectivity index (χ0v) is 14.9. The molecule has 3 heterocycles. The Labute approximate surface area is 144 Å². The average Bonchev–Trinajstić information content (AvgIpc) is 3.14. The van der Waals surface area contributed by atoms with E-state index in [1.165, 1.54) is 30.5 Å². The molecule has 3 aliphatic rings. The van der Waals surface area contributed by atoms with Crippen molar-refractivity contribution in [1.82, 2.24) is 25.3 Å². The molecule has 2 fully saturated rings. The highest BCUT2D eigenvalue weighted by atomic mass is 16.2. The third-order valence-electron chi connectivity index (χ3n) is 6.25. The van der Waals surface area contributed by atoms with E-state index in [0.717, 1.165) is 44.7 Å². The molecular weight excluding hydrogens is 302 g/mol. The average molecular weight is 331 g/mol. The summed E-state index contributed by atoms with van der Waals surface area (Å²) in [6.07, 6.45) is 5.96. The number of aryl methyl sites for hydroxylation is 1. The van der Waals surface area contributed by atoms with Gasteiger partial charge in [0.15, 0.2) is 0 Å². The van der Waals surface area contributed by atoms with E-state index in [4.69, 9.17) is 0 Å². The molecule has 6 heteroatoms. The quantitative estimate of drug-likeness (QED) is 0.804. The van der Waals surface area contributed by atoms with Crippen molar-refractivity contribution in [3.05, 3.63) is 17.0 Å². The Kier molecular flexibility index (Phi) is 4.12. The Bertz CT molecular complexity index is 627. The second kappa shape index (κ2) is 6.15. The molecule has 0 spiro atoms. The number of aromatic amines is 1. The van der Waals surface area contributed by atoms with Crippen molar-refractivity contribution in [1.29, 1.82) is 0 Å². The predicted molar refractivity (Wildman–Crippen MR) is 92.6 cm³/mol. The van der Waals surface area contributed by atoms with Crippen LogP contribution in [0.2, 0.25) is 0 Å². The van der Waals surface area contributed by atoms with Gasteiger partial charge in [-0.05, 0) is 38.3 Å². The Morgan fingerprint density at radius 2 is 2.21 bits per heavy atom. The van der Waals surface area contributed by atoms with E-state index in [1.54, 1.807) is 0 Å². The summed E-state index contributed by atoms with van der Waals surface area (Å²) in [5.74, 6) is 0.723. The number of nitrogens with zero attached hydrogens (tertiary/aromatic N) is 3. The fourth-order valence-electron chi connectivity index (χ4n) is 5.01. The predicted octanol–water partition coefficient (Wildman–Crippen LogP) is 0.788. The number of carbonyl (C=O) groups is 1. The number of hydrogen-bond acceptors (Lipinski definition) is 4. The fraction of sp³-hybridized carbons (Fsp3) is 0.778. The number of rotatable bonds is 3. The molecule has 4 rings (SSSR count). The standard InChI is InChI=1S/C18H29N5O/c1-22-9-13-8-19-11-18(13,12-22)17(24)23(2)10-16-14-6-4-3-5-7-15(14)20-21-16/h13,19H,3-12H2,1-2H3,(H,20,21)/t13?,18-/m1/s1. The van der Waals surface area contributed by atoms with Gasteiger partial charge in [-0.2, -0.15) is 5.10 Å². The lowest BCUT2D eigenvalue weighted by Gasteiger charge is -2.31. The summed E-state index contributed by atoms with van der Waals surface area (Å²) in [6.45, 7) is 4.28. The van der Waals surface area contributed by atoms with Crippen molar-refractivity contribution in [3.8, 4) is 0 Å². The monoisotopic (exact) mass is 331 g/mol. The Balaban J connectivity index is 1.51. The van der Waals surface area contributed by atoms with Gasteiger partial charge in [-0.25, -0.2) is 0 Å². The van der Waals surface area contributed by atoms with Crippen LogP contribution in [0.25, 0.3) is 0 Å². The molecule has 6 nitrogen and oxygen atoms in total. The summed E-state index contributed by atoms with van der Waals surface area (Å²) in [7, 11) is 4.07. The topological polar surface area (TPSA) is 64.3 Å². The maximum atomic E-state index is 13.3. The fourth-order valence-corrected chi connectivity index (χ4v) is 5.01. The summed E-state index contributed by atoms with van der Waals surface area (Å²) in [5.41, 5.74) is 3.50. The van der Waals surface area contributed by atoms with E-state index >= 15 is 0 Å². The van der Waals surface area contributed by atoms with Crippen LogP contribution in [0.3, 0.4) is 0 Å². The van der Waals surface area contributed by atoms with Gasteiger partial charge in [-0.1, -0.05) is 6.42 Å². The second-order valence-corrected chi connectivity index (χ2v) is 8.03.